The number of aryl methyl sites for hydroxylation is 1. The van der Waals surface area contributed by atoms with Crippen molar-refractivity contribution in [3.63, 3.8) is 0 Å². The van der Waals surface area contributed by atoms with Crippen LogP contribution in [0.2, 0.25) is 0 Å². The number of nitrogens with zero attached hydrogens (tertiary/aromatic N) is 2. The molecule has 2 aliphatic rings. The van der Waals surface area contributed by atoms with Gasteiger partial charge in [0.15, 0.2) is 0 Å². The first-order valence-corrected chi connectivity index (χ1v) is 11.9. The van der Waals surface area contributed by atoms with E-state index in [1.54, 1.807) is 17.0 Å². The highest BCUT2D eigenvalue weighted by atomic mass is 16.5. The number of benzene rings is 2. The quantitative estimate of drug-likeness (QED) is 0.366. The highest BCUT2D eigenvalue weighted by molar-refractivity contribution is 6.46. The normalized spacial score (nSPS) is 20.6. The maximum Gasteiger partial charge on any atom is 0.295 e. The highest BCUT2D eigenvalue weighted by Gasteiger charge is 2.46. The largest absolute Gasteiger partial charge is 0.507 e. The molecule has 1 unspecified atom stereocenters. The summed E-state index contributed by atoms with van der Waals surface area (Å²) in [7, 11) is 0. The maximum atomic E-state index is 13.2. The summed E-state index contributed by atoms with van der Waals surface area (Å²) in [6.07, 6.45) is 0.903. The smallest absolute Gasteiger partial charge is 0.295 e. The van der Waals surface area contributed by atoms with Crippen LogP contribution in [-0.4, -0.2) is 72.6 Å². The van der Waals surface area contributed by atoms with Crippen LogP contribution in [0.3, 0.4) is 0 Å². The minimum Gasteiger partial charge on any atom is -0.507 e. The van der Waals surface area contributed by atoms with Crippen molar-refractivity contribution < 1.29 is 24.2 Å². The third-order valence-corrected chi connectivity index (χ3v) is 6.29. The fourth-order valence-corrected chi connectivity index (χ4v) is 4.36. The molecule has 2 aliphatic heterocycles. The van der Waals surface area contributed by atoms with Crippen molar-refractivity contribution >= 4 is 17.4 Å². The molecule has 7 heteroatoms. The summed E-state index contributed by atoms with van der Waals surface area (Å²) in [5.74, 6) is -0.660. The van der Waals surface area contributed by atoms with Gasteiger partial charge in [-0.05, 0) is 31.0 Å². The summed E-state index contributed by atoms with van der Waals surface area (Å²) in [4.78, 5) is 30.1. The van der Waals surface area contributed by atoms with Gasteiger partial charge in [-0.25, -0.2) is 0 Å². The van der Waals surface area contributed by atoms with E-state index in [1.165, 1.54) is 0 Å². The molecule has 180 valence electrons. The molecule has 2 heterocycles. The van der Waals surface area contributed by atoms with Crippen LogP contribution in [0.5, 0.6) is 5.75 Å². The highest BCUT2D eigenvalue weighted by Crippen LogP contribution is 2.39. The Bertz CT molecular complexity index is 1040. The van der Waals surface area contributed by atoms with Gasteiger partial charge in [0.25, 0.3) is 11.7 Å². The summed E-state index contributed by atoms with van der Waals surface area (Å²) in [5.41, 5.74) is 2.45. The molecule has 2 aromatic carbocycles. The van der Waals surface area contributed by atoms with E-state index in [4.69, 9.17) is 9.47 Å². The predicted octanol–water partition coefficient (Wildman–Crippen LogP) is 3.54. The molecule has 0 radical (unpaired) electrons. The summed E-state index contributed by atoms with van der Waals surface area (Å²) >= 11 is 0. The maximum absolute atomic E-state index is 13.2. The second-order valence-corrected chi connectivity index (χ2v) is 8.73. The van der Waals surface area contributed by atoms with Crippen molar-refractivity contribution in [3.05, 3.63) is 70.8 Å². The van der Waals surface area contributed by atoms with Gasteiger partial charge in [0, 0.05) is 31.7 Å². The molecular weight excluding hydrogens is 432 g/mol. The molecule has 2 fully saturated rings. The van der Waals surface area contributed by atoms with Gasteiger partial charge in [0.1, 0.15) is 11.5 Å². The number of hydrogen-bond donors (Lipinski definition) is 1. The number of hydrogen-bond acceptors (Lipinski definition) is 6. The van der Waals surface area contributed by atoms with Gasteiger partial charge in [-0.15, -0.1) is 0 Å². The van der Waals surface area contributed by atoms with E-state index in [9.17, 15) is 14.7 Å². The predicted molar refractivity (Wildman–Crippen MR) is 130 cm³/mol. The average molecular weight is 465 g/mol. The number of aliphatic hydroxyl groups excluding tert-OH is 1. The topological polar surface area (TPSA) is 79.3 Å². The Labute approximate surface area is 200 Å². The van der Waals surface area contributed by atoms with Crippen molar-refractivity contribution in [2.45, 2.75) is 26.3 Å². The molecule has 2 aromatic rings. The monoisotopic (exact) mass is 464 g/mol. The van der Waals surface area contributed by atoms with Crippen LogP contribution in [0.25, 0.3) is 5.76 Å². The molecular formula is C27H32N2O5. The fraction of sp³-hybridized carbons (Fsp3) is 0.407. The van der Waals surface area contributed by atoms with E-state index >= 15 is 0 Å². The SMILES string of the molecule is CCCOc1ccc(C2C(=C(O)c3ccc(C)cc3)C(=O)C(=O)N2CCN2CCOCC2)cc1. The molecule has 0 saturated carbocycles. The number of carbonyl (C=O) groups is 2. The number of amides is 1. The second kappa shape index (κ2) is 10.8. The number of carbonyl (C=O) groups excluding carboxylic acids is 2. The number of morpholine rings is 1. The molecule has 4 rings (SSSR count). The molecule has 2 saturated heterocycles. The molecule has 34 heavy (non-hydrogen) atoms. The average Bonchev–Trinajstić information content (AvgIpc) is 3.12. The lowest BCUT2D eigenvalue weighted by Crippen LogP contribution is -2.42. The van der Waals surface area contributed by atoms with E-state index in [2.05, 4.69) is 4.90 Å². The molecule has 1 N–H and O–H groups in total. The van der Waals surface area contributed by atoms with Crippen molar-refractivity contribution in [2.75, 3.05) is 46.0 Å². The molecule has 7 nitrogen and oxygen atoms in total. The van der Waals surface area contributed by atoms with Crippen LogP contribution in [0, 0.1) is 6.92 Å². The first-order valence-electron chi connectivity index (χ1n) is 11.9. The van der Waals surface area contributed by atoms with Gasteiger partial charge < -0.3 is 19.5 Å². The van der Waals surface area contributed by atoms with Crippen LogP contribution < -0.4 is 4.74 Å². The van der Waals surface area contributed by atoms with Gasteiger partial charge in [0.05, 0.1) is 31.4 Å². The third-order valence-electron chi connectivity index (χ3n) is 6.29. The van der Waals surface area contributed by atoms with Crippen molar-refractivity contribution in [1.82, 2.24) is 9.80 Å². The zero-order valence-corrected chi connectivity index (χ0v) is 19.8. The Balaban J connectivity index is 1.69. The van der Waals surface area contributed by atoms with Crippen LogP contribution >= 0.6 is 0 Å². The lowest BCUT2D eigenvalue weighted by Gasteiger charge is -2.31. The lowest BCUT2D eigenvalue weighted by atomic mass is 9.95. The number of ether oxygens (including phenoxy) is 2. The number of Topliss-reactive ketones (excluding diaryl/α,β-unsaturated/α-hetero) is 1. The number of likely N-dealkylation sites (tertiary alicyclic amines) is 1. The molecule has 0 spiro atoms. The summed E-state index contributed by atoms with van der Waals surface area (Å²) in [6, 6.07) is 14.0. The Kier molecular flexibility index (Phi) is 7.65. The first-order chi connectivity index (χ1) is 16.5. The second-order valence-electron chi connectivity index (χ2n) is 8.73. The summed E-state index contributed by atoms with van der Waals surface area (Å²) in [6.45, 7) is 8.54. The zero-order valence-electron chi connectivity index (χ0n) is 19.8. The molecule has 1 amide bonds. The Hall–Kier alpha value is -3.16. The molecule has 1 atom stereocenters. The summed E-state index contributed by atoms with van der Waals surface area (Å²) < 4.78 is 11.1. The lowest BCUT2D eigenvalue weighted by molar-refractivity contribution is -0.140. The molecule has 0 aromatic heterocycles. The Morgan fingerprint density at radius 3 is 2.35 bits per heavy atom. The number of aliphatic hydroxyl groups is 1. The minimum absolute atomic E-state index is 0.123. The van der Waals surface area contributed by atoms with Gasteiger partial charge in [-0.3, -0.25) is 14.5 Å². The van der Waals surface area contributed by atoms with Crippen molar-refractivity contribution in [3.8, 4) is 5.75 Å². The Morgan fingerprint density at radius 1 is 1.03 bits per heavy atom. The van der Waals surface area contributed by atoms with Crippen LogP contribution in [-0.2, 0) is 14.3 Å². The van der Waals surface area contributed by atoms with Gasteiger partial charge >= 0.3 is 0 Å². The number of ketones is 1. The first kappa shape index (κ1) is 24.0. The molecule has 0 bridgehead atoms. The van der Waals surface area contributed by atoms with Crippen LogP contribution in [0.4, 0.5) is 0 Å². The van der Waals surface area contributed by atoms with E-state index in [-0.39, 0.29) is 11.3 Å². The number of rotatable bonds is 8. The van der Waals surface area contributed by atoms with E-state index in [1.807, 2.05) is 50.2 Å². The van der Waals surface area contributed by atoms with Gasteiger partial charge in [-0.2, -0.15) is 0 Å². The van der Waals surface area contributed by atoms with E-state index in [0.717, 1.165) is 36.4 Å². The van der Waals surface area contributed by atoms with E-state index in [0.29, 0.717) is 38.5 Å². The van der Waals surface area contributed by atoms with Crippen LogP contribution in [0.1, 0.15) is 36.1 Å². The minimum atomic E-state index is -0.664. The van der Waals surface area contributed by atoms with Crippen molar-refractivity contribution in [1.29, 1.82) is 0 Å². The van der Waals surface area contributed by atoms with Gasteiger partial charge in [-0.1, -0.05) is 48.9 Å². The summed E-state index contributed by atoms with van der Waals surface area (Å²) in [5, 5.41) is 11.2. The van der Waals surface area contributed by atoms with Crippen LogP contribution in [0.15, 0.2) is 54.1 Å². The fourth-order valence-electron chi connectivity index (χ4n) is 4.36. The van der Waals surface area contributed by atoms with Gasteiger partial charge in [0.2, 0.25) is 0 Å². The third kappa shape index (κ3) is 5.16. The standard InChI is InChI=1S/C27H32N2O5/c1-3-16-34-22-10-8-20(9-11-22)24-23(25(30)21-6-4-19(2)5-7-21)26(31)27(32)29(24)13-12-28-14-17-33-18-15-28/h4-11,24,30H,3,12-18H2,1-2H3. The molecule has 0 aliphatic carbocycles. The van der Waals surface area contributed by atoms with Crippen molar-refractivity contribution in [2.24, 2.45) is 0 Å². The zero-order chi connectivity index (χ0) is 24.1. The van der Waals surface area contributed by atoms with E-state index < -0.39 is 17.7 Å². The Morgan fingerprint density at radius 2 is 1.71 bits per heavy atom.